The largest absolute Gasteiger partial charge is 0.246 e. The van der Waals surface area contributed by atoms with Gasteiger partial charge in [0, 0.05) is 23.5 Å². The molecule has 0 aliphatic heterocycles. The highest BCUT2D eigenvalue weighted by Crippen LogP contribution is 2.03. The third-order valence-electron chi connectivity index (χ3n) is 0.946. The summed E-state index contributed by atoms with van der Waals surface area (Å²) in [6, 6.07) is 0. The summed E-state index contributed by atoms with van der Waals surface area (Å²) < 4.78 is 21.6. The molecular weight excluding hydrogens is 184 g/mol. The molecule has 0 saturated carbocycles. The van der Waals surface area contributed by atoms with E-state index in [1.165, 1.54) is 12.4 Å². The van der Waals surface area contributed by atoms with Crippen LogP contribution in [-0.4, -0.2) is 24.6 Å². The van der Waals surface area contributed by atoms with Gasteiger partial charge in [0.15, 0.2) is 0 Å². The van der Waals surface area contributed by atoms with Gasteiger partial charge in [0.05, 0.1) is 0 Å². The zero-order valence-electron chi connectivity index (χ0n) is 5.72. The summed E-state index contributed by atoms with van der Waals surface area (Å²) in [5.41, 5.74) is 0. The van der Waals surface area contributed by atoms with E-state index in [-0.39, 0.29) is 5.16 Å². The van der Waals surface area contributed by atoms with Crippen LogP contribution in [0.15, 0.2) is 22.4 Å². The standard InChI is InChI=1S/C5H6N2O2S2/c1-11(8,9)5-6-2-4(10)3-7-5/h2-3,10H,1H3. The normalized spacial score (nSPS) is 11.5. The molecule has 0 N–H and O–H groups in total. The number of hydrogen-bond donors (Lipinski definition) is 1. The van der Waals surface area contributed by atoms with Gasteiger partial charge in [-0.1, -0.05) is 0 Å². The highest BCUT2D eigenvalue weighted by Gasteiger charge is 2.08. The maximum atomic E-state index is 10.8. The Morgan fingerprint density at radius 3 is 2.18 bits per heavy atom. The van der Waals surface area contributed by atoms with Crippen LogP contribution in [0.4, 0.5) is 0 Å². The van der Waals surface area contributed by atoms with E-state index >= 15 is 0 Å². The van der Waals surface area contributed by atoms with Gasteiger partial charge >= 0.3 is 0 Å². The molecule has 0 atom stereocenters. The van der Waals surface area contributed by atoms with E-state index in [1.54, 1.807) is 0 Å². The lowest BCUT2D eigenvalue weighted by molar-refractivity contribution is 0.592. The van der Waals surface area contributed by atoms with Crippen molar-refractivity contribution in [2.75, 3.05) is 6.26 Å². The second-order valence-corrected chi connectivity index (χ2v) is 4.42. The highest BCUT2D eigenvalue weighted by molar-refractivity contribution is 7.90. The number of nitrogens with zero attached hydrogens (tertiary/aromatic N) is 2. The molecular formula is C5H6N2O2S2. The fourth-order valence-corrected chi connectivity index (χ4v) is 1.10. The van der Waals surface area contributed by atoms with Gasteiger partial charge in [-0.3, -0.25) is 0 Å². The van der Waals surface area contributed by atoms with Gasteiger partial charge in [-0.25, -0.2) is 18.4 Å². The molecule has 0 unspecified atom stereocenters. The van der Waals surface area contributed by atoms with E-state index in [0.717, 1.165) is 6.26 Å². The summed E-state index contributed by atoms with van der Waals surface area (Å²) in [7, 11) is -3.28. The molecule has 60 valence electrons. The Kier molecular flexibility index (Phi) is 2.15. The molecule has 0 spiro atoms. The lowest BCUT2D eigenvalue weighted by Crippen LogP contribution is -2.02. The SMILES string of the molecule is CS(=O)(=O)c1ncc(S)cn1. The maximum absolute atomic E-state index is 10.8. The summed E-state index contributed by atoms with van der Waals surface area (Å²) in [6.45, 7) is 0. The predicted molar refractivity (Wildman–Crippen MR) is 42.4 cm³/mol. The van der Waals surface area contributed by atoms with Crippen LogP contribution in [0.2, 0.25) is 0 Å². The zero-order chi connectivity index (χ0) is 8.48. The van der Waals surface area contributed by atoms with Gasteiger partial charge in [0.1, 0.15) is 0 Å². The first-order valence-electron chi connectivity index (χ1n) is 2.71. The molecule has 1 heterocycles. The second-order valence-electron chi connectivity index (χ2n) is 2.00. The smallest absolute Gasteiger partial charge is 0.226 e. The fraction of sp³-hybridized carbons (Fsp3) is 0.200. The fourth-order valence-electron chi connectivity index (χ4n) is 0.501. The van der Waals surface area contributed by atoms with Crippen molar-refractivity contribution in [3.8, 4) is 0 Å². The average Bonchev–Trinajstić information content (AvgIpc) is 1.86. The van der Waals surface area contributed by atoms with Crippen molar-refractivity contribution in [3.63, 3.8) is 0 Å². The topological polar surface area (TPSA) is 59.9 Å². The van der Waals surface area contributed by atoms with Gasteiger partial charge in [0.2, 0.25) is 15.0 Å². The Hall–Kier alpha value is -0.620. The minimum absolute atomic E-state index is 0.171. The average molecular weight is 190 g/mol. The molecule has 1 aromatic heterocycles. The number of thiol groups is 1. The molecule has 0 amide bonds. The van der Waals surface area contributed by atoms with E-state index in [4.69, 9.17) is 0 Å². The molecule has 6 heteroatoms. The number of aromatic nitrogens is 2. The number of hydrogen-bond acceptors (Lipinski definition) is 5. The summed E-state index contributed by atoms with van der Waals surface area (Å²) >= 11 is 3.91. The monoisotopic (exact) mass is 190 g/mol. The summed E-state index contributed by atoms with van der Waals surface area (Å²) in [4.78, 5) is 7.69. The van der Waals surface area contributed by atoms with Gasteiger partial charge in [-0.15, -0.1) is 12.6 Å². The lowest BCUT2D eigenvalue weighted by Gasteiger charge is -1.94. The molecule has 0 aromatic carbocycles. The Labute approximate surface area is 70.0 Å². The van der Waals surface area contributed by atoms with Gasteiger partial charge < -0.3 is 0 Å². The first-order valence-corrected chi connectivity index (χ1v) is 5.05. The second kappa shape index (κ2) is 2.78. The summed E-state index contributed by atoms with van der Waals surface area (Å²) in [6.07, 6.45) is 3.74. The van der Waals surface area contributed by atoms with Crippen LogP contribution in [0.5, 0.6) is 0 Å². The van der Waals surface area contributed by atoms with Crippen molar-refractivity contribution in [2.45, 2.75) is 10.1 Å². The lowest BCUT2D eigenvalue weighted by atomic mass is 10.7. The van der Waals surface area contributed by atoms with Crippen LogP contribution >= 0.6 is 12.6 Å². The minimum Gasteiger partial charge on any atom is -0.226 e. The zero-order valence-corrected chi connectivity index (χ0v) is 7.43. The molecule has 0 radical (unpaired) electrons. The van der Waals surface area contributed by atoms with Crippen molar-refractivity contribution in [3.05, 3.63) is 12.4 Å². The molecule has 4 nitrogen and oxygen atoms in total. The Bertz CT molecular complexity index is 343. The van der Waals surface area contributed by atoms with E-state index < -0.39 is 9.84 Å². The Morgan fingerprint density at radius 1 is 1.36 bits per heavy atom. The van der Waals surface area contributed by atoms with Crippen molar-refractivity contribution in [2.24, 2.45) is 0 Å². The van der Waals surface area contributed by atoms with E-state index in [2.05, 4.69) is 22.6 Å². The van der Waals surface area contributed by atoms with E-state index in [9.17, 15) is 8.42 Å². The van der Waals surface area contributed by atoms with Crippen LogP contribution in [0, 0.1) is 0 Å². The van der Waals surface area contributed by atoms with Gasteiger partial charge in [-0.2, -0.15) is 0 Å². The summed E-state index contributed by atoms with van der Waals surface area (Å²) in [5, 5.41) is -0.171. The van der Waals surface area contributed by atoms with Crippen molar-refractivity contribution >= 4 is 22.5 Å². The van der Waals surface area contributed by atoms with Crippen LogP contribution in [0.1, 0.15) is 0 Å². The van der Waals surface area contributed by atoms with Crippen molar-refractivity contribution < 1.29 is 8.42 Å². The Morgan fingerprint density at radius 2 is 1.82 bits per heavy atom. The molecule has 1 rings (SSSR count). The molecule has 0 aliphatic rings. The Balaban J connectivity index is 3.20. The molecule has 11 heavy (non-hydrogen) atoms. The molecule has 0 bridgehead atoms. The van der Waals surface area contributed by atoms with E-state index in [1.807, 2.05) is 0 Å². The van der Waals surface area contributed by atoms with Gasteiger partial charge in [0.25, 0.3) is 0 Å². The maximum Gasteiger partial charge on any atom is 0.246 e. The summed E-state index contributed by atoms with van der Waals surface area (Å²) in [5.74, 6) is 0. The van der Waals surface area contributed by atoms with Crippen LogP contribution in [0.3, 0.4) is 0 Å². The van der Waals surface area contributed by atoms with Crippen LogP contribution < -0.4 is 0 Å². The molecule has 0 saturated heterocycles. The first-order chi connectivity index (χ1) is 5.00. The molecule has 0 fully saturated rings. The minimum atomic E-state index is -3.28. The highest BCUT2D eigenvalue weighted by atomic mass is 32.2. The third-order valence-corrected chi connectivity index (χ3v) is 2.05. The predicted octanol–water partition coefficient (Wildman–Crippen LogP) is 0.169. The number of rotatable bonds is 1. The van der Waals surface area contributed by atoms with E-state index in [0.29, 0.717) is 4.90 Å². The van der Waals surface area contributed by atoms with Crippen LogP contribution in [-0.2, 0) is 9.84 Å². The quantitative estimate of drug-likeness (QED) is 0.506. The van der Waals surface area contributed by atoms with Crippen molar-refractivity contribution in [1.29, 1.82) is 0 Å². The number of sulfone groups is 1. The molecule has 1 aromatic rings. The third kappa shape index (κ3) is 2.16. The van der Waals surface area contributed by atoms with Gasteiger partial charge in [-0.05, 0) is 0 Å². The molecule has 0 aliphatic carbocycles. The van der Waals surface area contributed by atoms with Crippen molar-refractivity contribution in [1.82, 2.24) is 9.97 Å². The first kappa shape index (κ1) is 8.48. The van der Waals surface area contributed by atoms with Crippen LogP contribution in [0.25, 0.3) is 0 Å².